The summed E-state index contributed by atoms with van der Waals surface area (Å²) in [6, 6.07) is 0.0703. The van der Waals surface area contributed by atoms with Crippen molar-refractivity contribution in [3.63, 3.8) is 0 Å². The predicted octanol–water partition coefficient (Wildman–Crippen LogP) is 0.950. The van der Waals surface area contributed by atoms with Gasteiger partial charge in [-0.3, -0.25) is 0 Å². The Bertz CT molecular complexity index is 301. The summed E-state index contributed by atoms with van der Waals surface area (Å²) >= 11 is 0. The fourth-order valence-corrected chi connectivity index (χ4v) is 3.54. The molecule has 0 spiro atoms. The fraction of sp³-hybridized carbons (Fsp3) is 1.00. The van der Waals surface area contributed by atoms with Crippen molar-refractivity contribution in [2.75, 3.05) is 18.8 Å². The van der Waals surface area contributed by atoms with Gasteiger partial charge in [0.05, 0.1) is 5.75 Å². The van der Waals surface area contributed by atoms with Crippen LogP contribution in [0.4, 0.5) is 0 Å². The van der Waals surface area contributed by atoms with Gasteiger partial charge in [0, 0.05) is 12.6 Å². The molecule has 2 N–H and O–H groups in total. The van der Waals surface area contributed by atoms with E-state index in [0.717, 1.165) is 25.9 Å². The van der Waals surface area contributed by atoms with Gasteiger partial charge in [-0.25, -0.2) is 13.1 Å². The molecule has 5 heteroatoms. The molecule has 1 heterocycles. The summed E-state index contributed by atoms with van der Waals surface area (Å²) in [7, 11) is -3.09. The van der Waals surface area contributed by atoms with Gasteiger partial charge in [-0.1, -0.05) is 20.8 Å². The lowest BCUT2D eigenvalue weighted by Crippen LogP contribution is -2.48. The van der Waals surface area contributed by atoms with Crippen LogP contribution in [0.5, 0.6) is 0 Å². The zero-order chi connectivity index (χ0) is 12.2. The van der Waals surface area contributed by atoms with Crippen molar-refractivity contribution in [3.05, 3.63) is 0 Å². The SMILES string of the molecule is CC(C)CCS(=O)(=O)NC1CNCC(C)C1. The van der Waals surface area contributed by atoms with Gasteiger partial charge in [0.15, 0.2) is 0 Å². The van der Waals surface area contributed by atoms with Crippen molar-refractivity contribution in [2.24, 2.45) is 11.8 Å². The van der Waals surface area contributed by atoms with Gasteiger partial charge >= 0.3 is 0 Å². The monoisotopic (exact) mass is 248 g/mol. The van der Waals surface area contributed by atoms with Gasteiger partial charge in [0.2, 0.25) is 10.0 Å². The zero-order valence-corrected chi connectivity index (χ0v) is 11.3. The Morgan fingerprint density at radius 1 is 1.38 bits per heavy atom. The zero-order valence-electron chi connectivity index (χ0n) is 10.5. The molecule has 16 heavy (non-hydrogen) atoms. The van der Waals surface area contributed by atoms with E-state index in [-0.39, 0.29) is 11.8 Å². The van der Waals surface area contributed by atoms with Crippen LogP contribution in [0.3, 0.4) is 0 Å². The molecule has 4 nitrogen and oxygen atoms in total. The highest BCUT2D eigenvalue weighted by atomic mass is 32.2. The standard InChI is InChI=1S/C11H24N2O2S/c1-9(2)4-5-16(14,15)13-11-6-10(3)7-12-8-11/h9-13H,4-8H2,1-3H3. The Labute approximate surface area is 99.2 Å². The van der Waals surface area contributed by atoms with E-state index >= 15 is 0 Å². The third kappa shape index (κ3) is 5.27. The van der Waals surface area contributed by atoms with Crippen LogP contribution in [0, 0.1) is 11.8 Å². The molecule has 1 aliphatic rings. The lowest BCUT2D eigenvalue weighted by Gasteiger charge is -2.28. The van der Waals surface area contributed by atoms with Crippen molar-refractivity contribution < 1.29 is 8.42 Å². The minimum Gasteiger partial charge on any atom is -0.315 e. The lowest BCUT2D eigenvalue weighted by atomic mass is 9.99. The molecular weight excluding hydrogens is 224 g/mol. The maximum absolute atomic E-state index is 11.8. The van der Waals surface area contributed by atoms with Crippen LogP contribution in [0.1, 0.15) is 33.6 Å². The average Bonchev–Trinajstić information content (AvgIpc) is 2.14. The maximum Gasteiger partial charge on any atom is 0.211 e. The largest absolute Gasteiger partial charge is 0.315 e. The van der Waals surface area contributed by atoms with Crippen LogP contribution >= 0.6 is 0 Å². The lowest BCUT2D eigenvalue weighted by molar-refractivity contribution is 0.346. The van der Waals surface area contributed by atoms with E-state index in [0.29, 0.717) is 11.8 Å². The molecule has 1 saturated heterocycles. The molecule has 0 aromatic rings. The Morgan fingerprint density at radius 3 is 2.62 bits per heavy atom. The average molecular weight is 248 g/mol. The molecule has 2 unspecified atom stereocenters. The van der Waals surface area contributed by atoms with Crippen molar-refractivity contribution in [3.8, 4) is 0 Å². The summed E-state index contributed by atoms with van der Waals surface area (Å²) in [4.78, 5) is 0. The van der Waals surface area contributed by atoms with Crippen molar-refractivity contribution in [2.45, 2.75) is 39.7 Å². The number of sulfonamides is 1. The second-order valence-electron chi connectivity index (χ2n) is 5.32. The first-order chi connectivity index (χ1) is 7.39. The van der Waals surface area contributed by atoms with Gasteiger partial charge < -0.3 is 5.32 Å². The van der Waals surface area contributed by atoms with E-state index in [1.165, 1.54) is 0 Å². The van der Waals surface area contributed by atoms with Gasteiger partial charge in [-0.2, -0.15) is 0 Å². The third-order valence-corrected chi connectivity index (χ3v) is 4.35. The number of hydrogen-bond donors (Lipinski definition) is 2. The van der Waals surface area contributed by atoms with Crippen LogP contribution in [-0.4, -0.2) is 33.3 Å². The summed E-state index contributed by atoms with van der Waals surface area (Å²) < 4.78 is 26.3. The van der Waals surface area contributed by atoms with E-state index in [4.69, 9.17) is 0 Å². The summed E-state index contributed by atoms with van der Waals surface area (Å²) in [5, 5.41) is 3.25. The van der Waals surface area contributed by atoms with Crippen LogP contribution in [0.25, 0.3) is 0 Å². The Balaban J connectivity index is 2.39. The first-order valence-electron chi connectivity index (χ1n) is 6.10. The van der Waals surface area contributed by atoms with E-state index < -0.39 is 10.0 Å². The Morgan fingerprint density at radius 2 is 2.06 bits per heavy atom. The number of rotatable bonds is 5. The van der Waals surface area contributed by atoms with Crippen molar-refractivity contribution in [1.29, 1.82) is 0 Å². The van der Waals surface area contributed by atoms with Crippen molar-refractivity contribution >= 4 is 10.0 Å². The van der Waals surface area contributed by atoms with Gasteiger partial charge in [-0.05, 0) is 31.2 Å². The van der Waals surface area contributed by atoms with Crippen LogP contribution in [0.2, 0.25) is 0 Å². The molecule has 96 valence electrons. The quantitative estimate of drug-likeness (QED) is 0.761. The van der Waals surface area contributed by atoms with Gasteiger partial charge in [-0.15, -0.1) is 0 Å². The van der Waals surface area contributed by atoms with E-state index in [9.17, 15) is 8.42 Å². The molecule has 1 rings (SSSR count). The summed E-state index contributed by atoms with van der Waals surface area (Å²) in [5.74, 6) is 1.22. The Kier molecular flexibility index (Phi) is 5.21. The smallest absolute Gasteiger partial charge is 0.211 e. The third-order valence-electron chi connectivity index (χ3n) is 2.88. The highest BCUT2D eigenvalue weighted by molar-refractivity contribution is 7.89. The van der Waals surface area contributed by atoms with E-state index in [1.54, 1.807) is 0 Å². The minimum absolute atomic E-state index is 0.0703. The molecule has 1 aliphatic heterocycles. The summed E-state index contributed by atoms with van der Waals surface area (Å²) in [6.45, 7) is 7.97. The van der Waals surface area contributed by atoms with Crippen LogP contribution in [0.15, 0.2) is 0 Å². The molecule has 0 saturated carbocycles. The molecule has 0 radical (unpaired) electrons. The second kappa shape index (κ2) is 5.98. The highest BCUT2D eigenvalue weighted by Crippen LogP contribution is 2.11. The Hall–Kier alpha value is -0.130. The van der Waals surface area contributed by atoms with E-state index in [1.807, 2.05) is 13.8 Å². The fourth-order valence-electron chi connectivity index (χ4n) is 1.95. The first-order valence-corrected chi connectivity index (χ1v) is 7.75. The molecule has 0 bridgehead atoms. The topological polar surface area (TPSA) is 58.2 Å². The molecule has 2 atom stereocenters. The normalized spacial score (nSPS) is 27.2. The number of hydrogen-bond acceptors (Lipinski definition) is 3. The molecule has 0 aromatic carbocycles. The minimum atomic E-state index is -3.09. The molecule has 0 aromatic heterocycles. The van der Waals surface area contributed by atoms with Gasteiger partial charge in [0.1, 0.15) is 0 Å². The number of piperidine rings is 1. The molecule has 0 aliphatic carbocycles. The molecule has 1 fully saturated rings. The molecular formula is C11H24N2O2S. The maximum atomic E-state index is 11.8. The number of nitrogens with one attached hydrogen (secondary N) is 2. The van der Waals surface area contributed by atoms with E-state index in [2.05, 4.69) is 17.0 Å². The van der Waals surface area contributed by atoms with Crippen LogP contribution in [-0.2, 0) is 10.0 Å². The van der Waals surface area contributed by atoms with Crippen molar-refractivity contribution in [1.82, 2.24) is 10.0 Å². The summed E-state index contributed by atoms with van der Waals surface area (Å²) in [6.07, 6.45) is 1.67. The van der Waals surface area contributed by atoms with Crippen LogP contribution < -0.4 is 10.0 Å². The highest BCUT2D eigenvalue weighted by Gasteiger charge is 2.23. The second-order valence-corrected chi connectivity index (χ2v) is 7.19. The first kappa shape index (κ1) is 13.9. The molecule has 0 amide bonds. The summed E-state index contributed by atoms with van der Waals surface area (Å²) in [5.41, 5.74) is 0. The van der Waals surface area contributed by atoms with Gasteiger partial charge in [0.25, 0.3) is 0 Å². The predicted molar refractivity (Wildman–Crippen MR) is 66.8 cm³/mol.